The van der Waals surface area contributed by atoms with Gasteiger partial charge in [0, 0.05) is 22.8 Å². The molecule has 0 saturated carbocycles. The number of hydrogen-bond donors (Lipinski definition) is 2. The van der Waals surface area contributed by atoms with Crippen molar-refractivity contribution in [2.24, 2.45) is 0 Å². The van der Waals surface area contributed by atoms with E-state index in [1.54, 1.807) is 18.2 Å². The van der Waals surface area contributed by atoms with Gasteiger partial charge in [-0.2, -0.15) is 0 Å². The summed E-state index contributed by atoms with van der Waals surface area (Å²) in [6.45, 7) is 1.59. The number of nitrogens with zero attached hydrogens (tertiary/aromatic N) is 1. The molecule has 0 aliphatic carbocycles. The number of carbonyl (C=O) groups is 3. The van der Waals surface area contributed by atoms with Gasteiger partial charge in [-0.15, -0.1) is 0 Å². The Labute approximate surface area is 183 Å². The molecule has 6 nitrogen and oxygen atoms in total. The lowest BCUT2D eigenvalue weighted by molar-refractivity contribution is -0.132. The molecule has 3 rings (SSSR count). The minimum Gasteiger partial charge on any atom is -0.343 e. The van der Waals surface area contributed by atoms with Gasteiger partial charge in [0.05, 0.1) is 13.1 Å². The normalized spacial score (nSPS) is 10.5. The summed E-state index contributed by atoms with van der Waals surface area (Å²) in [6.07, 6.45) is 0. The van der Waals surface area contributed by atoms with Crippen LogP contribution in [-0.4, -0.2) is 42.8 Å². The molecule has 0 aromatic heterocycles. The van der Waals surface area contributed by atoms with Crippen LogP contribution >= 0.6 is 15.9 Å². The van der Waals surface area contributed by atoms with E-state index < -0.39 is 0 Å². The molecule has 0 unspecified atom stereocenters. The Morgan fingerprint density at radius 1 is 0.967 bits per heavy atom. The van der Waals surface area contributed by atoms with E-state index in [2.05, 4.69) is 26.6 Å². The van der Waals surface area contributed by atoms with Crippen LogP contribution in [0, 0.1) is 6.92 Å². The van der Waals surface area contributed by atoms with Gasteiger partial charge < -0.3 is 15.5 Å². The Morgan fingerprint density at radius 3 is 2.43 bits per heavy atom. The van der Waals surface area contributed by atoms with E-state index in [9.17, 15) is 14.4 Å². The van der Waals surface area contributed by atoms with Crippen molar-refractivity contribution in [3.05, 3.63) is 76.3 Å². The van der Waals surface area contributed by atoms with Crippen molar-refractivity contribution in [2.75, 3.05) is 25.5 Å². The average molecular weight is 468 g/mol. The summed E-state index contributed by atoms with van der Waals surface area (Å²) in [6, 6.07) is 18.6. The number of anilines is 1. The molecule has 154 valence electrons. The van der Waals surface area contributed by atoms with Gasteiger partial charge in [-0.1, -0.05) is 46.3 Å². The molecule has 30 heavy (non-hydrogen) atoms. The van der Waals surface area contributed by atoms with E-state index >= 15 is 0 Å². The van der Waals surface area contributed by atoms with Crippen LogP contribution in [0.4, 0.5) is 5.69 Å². The maximum atomic E-state index is 12.4. The van der Waals surface area contributed by atoms with Crippen LogP contribution in [0.3, 0.4) is 0 Å². The van der Waals surface area contributed by atoms with E-state index in [-0.39, 0.29) is 30.8 Å². The van der Waals surface area contributed by atoms with Crippen molar-refractivity contribution in [3.63, 3.8) is 0 Å². The first-order chi connectivity index (χ1) is 14.3. The molecule has 0 spiro atoms. The zero-order valence-electron chi connectivity index (χ0n) is 16.7. The number of nitrogens with one attached hydrogen (secondary N) is 2. The molecule has 0 heterocycles. The molecule has 3 aromatic carbocycles. The molecule has 0 atom stereocenters. The molecule has 2 N–H and O–H groups in total. The van der Waals surface area contributed by atoms with Crippen molar-refractivity contribution >= 4 is 50.1 Å². The van der Waals surface area contributed by atoms with Crippen LogP contribution in [0.5, 0.6) is 0 Å². The number of fused-ring (bicyclic) bond motifs is 1. The maximum Gasteiger partial charge on any atom is 0.251 e. The van der Waals surface area contributed by atoms with Gasteiger partial charge in [0.2, 0.25) is 11.8 Å². The van der Waals surface area contributed by atoms with Gasteiger partial charge in [-0.05, 0) is 53.6 Å². The second kappa shape index (κ2) is 9.54. The van der Waals surface area contributed by atoms with Crippen LogP contribution in [0.15, 0.2) is 65.1 Å². The molecule has 0 aliphatic rings. The molecule has 0 fully saturated rings. The largest absolute Gasteiger partial charge is 0.343 e. The standard InChI is InChI=1S/C23H22BrN3O3/c1-15-11-19(24)9-10-20(15)26-21(28)14-27(2)22(29)13-25-23(30)18-8-7-16-5-3-4-6-17(16)12-18/h3-12H,13-14H2,1-2H3,(H,25,30)(H,26,28). The molecule has 7 heteroatoms. The number of benzene rings is 3. The first kappa shape index (κ1) is 21.5. The third-order valence-electron chi connectivity index (χ3n) is 4.68. The highest BCUT2D eigenvalue weighted by atomic mass is 79.9. The molecule has 0 saturated heterocycles. The third kappa shape index (κ3) is 5.45. The van der Waals surface area contributed by atoms with Crippen LogP contribution < -0.4 is 10.6 Å². The lowest BCUT2D eigenvalue weighted by Crippen LogP contribution is -2.41. The van der Waals surface area contributed by atoms with E-state index in [4.69, 9.17) is 0 Å². The van der Waals surface area contributed by atoms with Gasteiger partial charge in [-0.3, -0.25) is 14.4 Å². The smallest absolute Gasteiger partial charge is 0.251 e. The Morgan fingerprint density at radius 2 is 1.70 bits per heavy atom. The second-order valence-electron chi connectivity index (χ2n) is 7.00. The predicted molar refractivity (Wildman–Crippen MR) is 121 cm³/mol. The van der Waals surface area contributed by atoms with Crippen molar-refractivity contribution in [1.82, 2.24) is 10.2 Å². The van der Waals surface area contributed by atoms with Crippen molar-refractivity contribution in [2.45, 2.75) is 6.92 Å². The molecular formula is C23H22BrN3O3. The fraction of sp³-hybridized carbons (Fsp3) is 0.174. The van der Waals surface area contributed by atoms with Gasteiger partial charge >= 0.3 is 0 Å². The van der Waals surface area contributed by atoms with Crippen LogP contribution in [0.1, 0.15) is 15.9 Å². The average Bonchev–Trinajstić information content (AvgIpc) is 2.73. The lowest BCUT2D eigenvalue weighted by Gasteiger charge is -2.18. The molecule has 0 aliphatic heterocycles. The van der Waals surface area contributed by atoms with E-state index in [0.717, 1.165) is 20.8 Å². The van der Waals surface area contributed by atoms with Gasteiger partial charge in [0.15, 0.2) is 0 Å². The summed E-state index contributed by atoms with van der Waals surface area (Å²) >= 11 is 3.38. The zero-order valence-corrected chi connectivity index (χ0v) is 18.3. The highest BCUT2D eigenvalue weighted by Crippen LogP contribution is 2.20. The molecule has 3 amide bonds. The molecule has 0 radical (unpaired) electrons. The Kier molecular flexibility index (Phi) is 6.84. The van der Waals surface area contributed by atoms with Crippen LogP contribution in [-0.2, 0) is 9.59 Å². The first-order valence-electron chi connectivity index (χ1n) is 9.40. The fourth-order valence-electron chi connectivity index (χ4n) is 2.98. The number of amides is 3. The quantitative estimate of drug-likeness (QED) is 0.579. The minimum atomic E-state index is -0.355. The third-order valence-corrected chi connectivity index (χ3v) is 5.17. The summed E-state index contributed by atoms with van der Waals surface area (Å²) in [7, 11) is 1.53. The highest BCUT2D eigenvalue weighted by molar-refractivity contribution is 9.10. The van der Waals surface area contributed by atoms with Gasteiger partial charge in [-0.25, -0.2) is 0 Å². The van der Waals surface area contributed by atoms with E-state index in [0.29, 0.717) is 11.3 Å². The van der Waals surface area contributed by atoms with Crippen LogP contribution in [0.25, 0.3) is 10.8 Å². The summed E-state index contributed by atoms with van der Waals surface area (Å²) in [5, 5.41) is 7.40. The fourth-order valence-corrected chi connectivity index (χ4v) is 3.46. The Hall–Kier alpha value is -3.19. The Bertz CT molecular complexity index is 1110. The highest BCUT2D eigenvalue weighted by Gasteiger charge is 2.15. The second-order valence-corrected chi connectivity index (χ2v) is 7.92. The monoisotopic (exact) mass is 467 g/mol. The molecule has 3 aromatic rings. The van der Waals surface area contributed by atoms with Crippen molar-refractivity contribution in [1.29, 1.82) is 0 Å². The number of hydrogen-bond acceptors (Lipinski definition) is 3. The lowest BCUT2D eigenvalue weighted by atomic mass is 10.1. The summed E-state index contributed by atoms with van der Waals surface area (Å²) in [5.41, 5.74) is 2.08. The summed E-state index contributed by atoms with van der Waals surface area (Å²) in [4.78, 5) is 38.2. The minimum absolute atomic E-state index is 0.111. The van der Waals surface area contributed by atoms with E-state index in [1.807, 2.05) is 49.4 Å². The van der Waals surface area contributed by atoms with Gasteiger partial charge in [0.25, 0.3) is 5.91 Å². The zero-order chi connectivity index (χ0) is 21.7. The molecular weight excluding hydrogens is 446 g/mol. The summed E-state index contributed by atoms with van der Waals surface area (Å²) < 4.78 is 0.924. The van der Waals surface area contributed by atoms with E-state index in [1.165, 1.54) is 11.9 Å². The predicted octanol–water partition coefficient (Wildman–Crippen LogP) is 3.74. The van der Waals surface area contributed by atoms with Crippen molar-refractivity contribution in [3.8, 4) is 0 Å². The number of likely N-dealkylation sites (N-methyl/N-ethyl adjacent to an activating group) is 1. The van der Waals surface area contributed by atoms with Gasteiger partial charge in [0.1, 0.15) is 0 Å². The maximum absolute atomic E-state index is 12.4. The Balaban J connectivity index is 1.51. The molecule has 0 bridgehead atoms. The number of aryl methyl sites for hydroxylation is 1. The number of rotatable bonds is 6. The number of halogens is 1. The topological polar surface area (TPSA) is 78.5 Å². The summed E-state index contributed by atoms with van der Waals surface area (Å²) in [5.74, 6) is -0.999. The SMILES string of the molecule is Cc1cc(Br)ccc1NC(=O)CN(C)C(=O)CNC(=O)c1ccc2ccccc2c1. The first-order valence-corrected chi connectivity index (χ1v) is 10.2. The van der Waals surface area contributed by atoms with Crippen molar-refractivity contribution < 1.29 is 14.4 Å². The number of carbonyl (C=O) groups excluding carboxylic acids is 3. The van der Waals surface area contributed by atoms with Crippen LogP contribution in [0.2, 0.25) is 0 Å².